The van der Waals surface area contributed by atoms with E-state index in [0.29, 0.717) is 6.54 Å². The van der Waals surface area contributed by atoms with Gasteiger partial charge in [-0.25, -0.2) is 0 Å². The highest BCUT2D eigenvalue weighted by Gasteiger charge is 2.09. The minimum absolute atomic E-state index is 0.508. The van der Waals surface area contributed by atoms with Crippen molar-refractivity contribution in [2.45, 2.75) is 30.2 Å². The normalized spacial score (nSPS) is 10.7. The summed E-state index contributed by atoms with van der Waals surface area (Å²) in [5.74, 6) is 0. The van der Waals surface area contributed by atoms with Crippen LogP contribution in [0, 0.1) is 13.8 Å². The highest BCUT2D eigenvalue weighted by Crippen LogP contribution is 2.37. The summed E-state index contributed by atoms with van der Waals surface area (Å²) in [5, 5.41) is 0.767. The number of nitrogens with two attached hydrogens (primary N) is 1. The lowest BCUT2D eigenvalue weighted by atomic mass is 10.2. The molecule has 0 radical (unpaired) electrons. The summed E-state index contributed by atoms with van der Waals surface area (Å²) in [6.07, 6.45) is 0. The van der Waals surface area contributed by atoms with Crippen molar-refractivity contribution in [1.29, 1.82) is 0 Å². The summed E-state index contributed by atoms with van der Waals surface area (Å²) in [7, 11) is 0. The summed E-state index contributed by atoms with van der Waals surface area (Å²) >= 11 is 7.97. The fourth-order valence-corrected chi connectivity index (χ4v) is 3.21. The minimum atomic E-state index is 0.508. The van der Waals surface area contributed by atoms with Crippen molar-refractivity contribution >= 4 is 23.4 Å². The number of halogens is 1. The first-order valence-corrected chi connectivity index (χ1v) is 7.04. The molecule has 0 saturated carbocycles. The third-order valence-corrected chi connectivity index (χ3v) is 4.60. The van der Waals surface area contributed by atoms with Gasteiger partial charge in [-0.15, -0.1) is 0 Å². The van der Waals surface area contributed by atoms with Crippen molar-refractivity contribution in [2.24, 2.45) is 5.73 Å². The molecule has 94 valence electrons. The third-order valence-electron chi connectivity index (χ3n) is 2.82. The third kappa shape index (κ3) is 2.89. The van der Waals surface area contributed by atoms with E-state index in [9.17, 15) is 0 Å². The van der Waals surface area contributed by atoms with Gasteiger partial charge in [-0.1, -0.05) is 47.6 Å². The van der Waals surface area contributed by atoms with Crippen molar-refractivity contribution < 1.29 is 0 Å². The van der Waals surface area contributed by atoms with Gasteiger partial charge in [0.2, 0.25) is 0 Å². The smallest absolute Gasteiger partial charge is 0.0548 e. The van der Waals surface area contributed by atoms with Gasteiger partial charge in [-0.3, -0.25) is 0 Å². The van der Waals surface area contributed by atoms with Gasteiger partial charge >= 0.3 is 0 Å². The fraction of sp³-hybridized carbons (Fsp3) is 0.200. The van der Waals surface area contributed by atoms with E-state index in [2.05, 4.69) is 32.0 Å². The van der Waals surface area contributed by atoms with Crippen LogP contribution in [-0.2, 0) is 6.54 Å². The van der Waals surface area contributed by atoms with Crippen LogP contribution in [0.25, 0.3) is 0 Å². The summed E-state index contributed by atoms with van der Waals surface area (Å²) in [6.45, 7) is 4.72. The lowest BCUT2D eigenvalue weighted by molar-refractivity contribution is 1.03. The van der Waals surface area contributed by atoms with E-state index in [1.54, 1.807) is 11.8 Å². The van der Waals surface area contributed by atoms with Crippen molar-refractivity contribution in [3.8, 4) is 0 Å². The Morgan fingerprint density at radius 3 is 2.67 bits per heavy atom. The molecule has 0 spiro atoms. The topological polar surface area (TPSA) is 26.0 Å². The Kier molecular flexibility index (Phi) is 4.33. The van der Waals surface area contributed by atoms with Crippen molar-refractivity contribution in [1.82, 2.24) is 0 Å². The number of aryl methyl sites for hydroxylation is 2. The molecule has 2 aromatic carbocycles. The maximum absolute atomic E-state index is 6.27. The molecule has 0 aliphatic heterocycles. The van der Waals surface area contributed by atoms with E-state index in [4.69, 9.17) is 17.3 Å². The standard InChI is InChI=1S/C15H16ClNS/c1-10-6-7-11(2)14(8-10)18-15-12(9-17)4-3-5-13(15)16/h3-8H,9,17H2,1-2H3. The summed E-state index contributed by atoms with van der Waals surface area (Å²) in [5.41, 5.74) is 9.37. The lowest BCUT2D eigenvalue weighted by Gasteiger charge is -2.11. The molecule has 0 aliphatic carbocycles. The van der Waals surface area contributed by atoms with Gasteiger partial charge in [0.05, 0.1) is 5.02 Å². The first-order valence-electron chi connectivity index (χ1n) is 5.84. The molecule has 3 heteroatoms. The summed E-state index contributed by atoms with van der Waals surface area (Å²) in [6, 6.07) is 12.3. The lowest BCUT2D eigenvalue weighted by Crippen LogP contribution is -1.98. The Hall–Kier alpha value is -0.960. The van der Waals surface area contributed by atoms with Crippen LogP contribution in [0.15, 0.2) is 46.2 Å². The second-order valence-electron chi connectivity index (χ2n) is 4.30. The fourth-order valence-electron chi connectivity index (χ4n) is 1.76. The first kappa shape index (κ1) is 13.5. The molecule has 2 rings (SSSR count). The van der Waals surface area contributed by atoms with Crippen LogP contribution in [0.2, 0.25) is 5.02 Å². The van der Waals surface area contributed by atoms with Gasteiger partial charge in [0.1, 0.15) is 0 Å². The molecule has 0 fully saturated rings. The Morgan fingerprint density at radius 2 is 1.94 bits per heavy atom. The molecule has 1 nitrogen and oxygen atoms in total. The molecule has 0 bridgehead atoms. The quantitative estimate of drug-likeness (QED) is 0.890. The summed E-state index contributed by atoms with van der Waals surface area (Å²) < 4.78 is 0. The van der Waals surface area contributed by atoms with Gasteiger partial charge in [0, 0.05) is 16.3 Å². The van der Waals surface area contributed by atoms with Crippen LogP contribution in [0.3, 0.4) is 0 Å². The minimum Gasteiger partial charge on any atom is -0.326 e. The van der Waals surface area contributed by atoms with Gasteiger partial charge < -0.3 is 5.73 Å². The molecule has 0 amide bonds. The number of benzene rings is 2. The second-order valence-corrected chi connectivity index (χ2v) is 5.76. The van der Waals surface area contributed by atoms with Gasteiger partial charge in [0.25, 0.3) is 0 Å². The zero-order valence-corrected chi connectivity index (χ0v) is 12.1. The molecule has 0 atom stereocenters. The SMILES string of the molecule is Cc1ccc(C)c(Sc2c(Cl)cccc2CN)c1. The molecule has 18 heavy (non-hydrogen) atoms. The average Bonchev–Trinajstić information content (AvgIpc) is 2.36. The zero-order chi connectivity index (χ0) is 13.1. The van der Waals surface area contributed by atoms with Crippen molar-refractivity contribution in [3.63, 3.8) is 0 Å². The van der Waals surface area contributed by atoms with Crippen LogP contribution in [-0.4, -0.2) is 0 Å². The molecule has 2 N–H and O–H groups in total. The van der Waals surface area contributed by atoms with E-state index in [0.717, 1.165) is 15.5 Å². The Morgan fingerprint density at radius 1 is 1.17 bits per heavy atom. The molecule has 0 saturated heterocycles. The highest BCUT2D eigenvalue weighted by atomic mass is 35.5. The van der Waals surface area contributed by atoms with Crippen LogP contribution >= 0.6 is 23.4 Å². The molecular weight excluding hydrogens is 262 g/mol. The monoisotopic (exact) mass is 277 g/mol. The predicted octanol–water partition coefficient (Wildman–Crippen LogP) is 4.57. The maximum Gasteiger partial charge on any atom is 0.0548 e. The van der Waals surface area contributed by atoms with Gasteiger partial charge in [-0.2, -0.15) is 0 Å². The Labute approximate surface area is 117 Å². The molecule has 0 aliphatic rings. The van der Waals surface area contributed by atoms with E-state index < -0.39 is 0 Å². The van der Waals surface area contributed by atoms with Gasteiger partial charge in [0.15, 0.2) is 0 Å². The summed E-state index contributed by atoms with van der Waals surface area (Å²) in [4.78, 5) is 2.30. The molecule has 0 unspecified atom stereocenters. The molecule has 0 aromatic heterocycles. The number of hydrogen-bond acceptors (Lipinski definition) is 2. The van der Waals surface area contributed by atoms with E-state index in [-0.39, 0.29) is 0 Å². The first-order chi connectivity index (χ1) is 8.61. The van der Waals surface area contributed by atoms with Crippen LogP contribution in [0.4, 0.5) is 0 Å². The largest absolute Gasteiger partial charge is 0.326 e. The molecule has 0 heterocycles. The van der Waals surface area contributed by atoms with Crippen LogP contribution < -0.4 is 5.73 Å². The molecular formula is C15H16ClNS. The second kappa shape index (κ2) is 5.79. The Bertz CT molecular complexity index is 566. The Balaban J connectivity index is 2.42. The average molecular weight is 278 g/mol. The van der Waals surface area contributed by atoms with Crippen molar-refractivity contribution in [3.05, 3.63) is 58.1 Å². The number of rotatable bonds is 3. The van der Waals surface area contributed by atoms with E-state index >= 15 is 0 Å². The van der Waals surface area contributed by atoms with Crippen molar-refractivity contribution in [2.75, 3.05) is 0 Å². The van der Waals surface area contributed by atoms with Crippen LogP contribution in [0.5, 0.6) is 0 Å². The predicted molar refractivity (Wildman–Crippen MR) is 79.4 cm³/mol. The van der Waals surface area contributed by atoms with E-state index in [1.807, 2.05) is 18.2 Å². The number of hydrogen-bond donors (Lipinski definition) is 1. The highest BCUT2D eigenvalue weighted by molar-refractivity contribution is 7.99. The molecule has 2 aromatic rings. The van der Waals surface area contributed by atoms with E-state index in [1.165, 1.54) is 16.0 Å². The van der Waals surface area contributed by atoms with Crippen LogP contribution in [0.1, 0.15) is 16.7 Å². The zero-order valence-electron chi connectivity index (χ0n) is 10.5. The van der Waals surface area contributed by atoms with Gasteiger partial charge in [-0.05, 0) is 42.7 Å². The maximum atomic E-state index is 6.27.